The Hall–Kier alpha value is -2.09. The molecular formula is C25H30N2O3S2. The first-order valence-electron chi connectivity index (χ1n) is 11.2. The molecule has 2 aromatic heterocycles. The van der Waals surface area contributed by atoms with Gasteiger partial charge in [-0.1, -0.05) is 0 Å². The monoisotopic (exact) mass is 470 g/mol. The van der Waals surface area contributed by atoms with E-state index in [1.165, 1.54) is 10.5 Å². The Morgan fingerprint density at radius 3 is 3.03 bits per heavy atom. The number of aryl methyl sites for hydroxylation is 1. The molecule has 5 nitrogen and oxygen atoms in total. The Morgan fingerprint density at radius 1 is 1.34 bits per heavy atom. The first-order valence-corrected chi connectivity index (χ1v) is 13.1. The fourth-order valence-electron chi connectivity index (χ4n) is 4.61. The van der Waals surface area contributed by atoms with E-state index < -0.39 is 5.97 Å². The summed E-state index contributed by atoms with van der Waals surface area (Å²) in [6.07, 6.45) is 5.68. The molecule has 1 saturated heterocycles. The summed E-state index contributed by atoms with van der Waals surface area (Å²) in [6, 6.07) is 10.2. The van der Waals surface area contributed by atoms with Crippen LogP contribution >= 0.6 is 23.1 Å². The van der Waals surface area contributed by atoms with Crippen LogP contribution < -0.4 is 4.74 Å². The predicted molar refractivity (Wildman–Crippen MR) is 132 cm³/mol. The number of thioether (sulfide) groups is 1. The number of aliphatic carboxylic acids is 1. The van der Waals surface area contributed by atoms with Gasteiger partial charge in [-0.25, -0.2) is 0 Å². The van der Waals surface area contributed by atoms with Crippen LogP contribution in [0.1, 0.15) is 24.8 Å². The van der Waals surface area contributed by atoms with Crippen molar-refractivity contribution in [2.45, 2.75) is 30.6 Å². The number of likely N-dealkylation sites (tertiary alicyclic amines) is 1. The first-order chi connectivity index (χ1) is 15.6. The Bertz CT molecular complexity index is 1030. The van der Waals surface area contributed by atoms with E-state index in [2.05, 4.69) is 32.8 Å². The summed E-state index contributed by atoms with van der Waals surface area (Å²) in [7, 11) is 1.68. The molecule has 0 radical (unpaired) electrons. The fraction of sp³-hybridized carbons (Fsp3) is 0.440. The molecule has 1 aliphatic heterocycles. The SMILES string of the molecule is COc1ccc2nccc(CCC[C@@H]3CCN(CCSc4ccsc4)C[C@@H]3C(=O)O)c2c1. The molecule has 0 spiro atoms. The van der Waals surface area contributed by atoms with Crippen LogP contribution in [0, 0.1) is 11.8 Å². The standard InChI is InChI=1S/C25H30N2O3S2/c1-30-20-5-6-24-22(15-20)18(7-10-26-24)3-2-4-19-8-11-27(16-23(19)25(28)29)12-14-32-21-9-13-31-17-21/h5-7,9-10,13,15,17,19,23H,2-4,8,11-12,14,16H2,1H3,(H,28,29)/t19-,23+/m1/s1. The van der Waals surface area contributed by atoms with Gasteiger partial charge in [0.15, 0.2) is 0 Å². The van der Waals surface area contributed by atoms with Crippen LogP contribution in [-0.4, -0.2) is 53.5 Å². The van der Waals surface area contributed by atoms with Gasteiger partial charge in [0.2, 0.25) is 0 Å². The molecule has 0 amide bonds. The third kappa shape index (κ3) is 5.82. The molecular weight excluding hydrogens is 440 g/mol. The second kappa shape index (κ2) is 11.2. The Balaban J connectivity index is 1.30. The summed E-state index contributed by atoms with van der Waals surface area (Å²) in [6.45, 7) is 2.61. The molecule has 3 heterocycles. The molecule has 0 aliphatic carbocycles. The fourth-order valence-corrected chi connectivity index (χ4v) is 6.40. The van der Waals surface area contributed by atoms with Crippen molar-refractivity contribution in [3.63, 3.8) is 0 Å². The van der Waals surface area contributed by atoms with E-state index in [1.54, 1.807) is 18.4 Å². The van der Waals surface area contributed by atoms with E-state index in [9.17, 15) is 9.90 Å². The number of nitrogens with zero attached hydrogens (tertiary/aromatic N) is 2. The summed E-state index contributed by atoms with van der Waals surface area (Å²) in [5.41, 5.74) is 2.23. The van der Waals surface area contributed by atoms with Crippen molar-refractivity contribution in [3.05, 3.63) is 52.9 Å². The van der Waals surface area contributed by atoms with Crippen LogP contribution in [0.4, 0.5) is 0 Å². The van der Waals surface area contributed by atoms with Crippen LogP contribution in [0.3, 0.4) is 0 Å². The summed E-state index contributed by atoms with van der Waals surface area (Å²) < 4.78 is 5.38. The average Bonchev–Trinajstić information content (AvgIpc) is 3.33. The van der Waals surface area contributed by atoms with Crippen LogP contribution in [-0.2, 0) is 11.2 Å². The second-order valence-electron chi connectivity index (χ2n) is 8.35. The Kier molecular flexibility index (Phi) is 8.05. The lowest BCUT2D eigenvalue weighted by molar-refractivity contribution is -0.146. The number of pyridine rings is 1. The molecule has 170 valence electrons. The molecule has 7 heteroatoms. The zero-order valence-electron chi connectivity index (χ0n) is 18.4. The highest BCUT2D eigenvalue weighted by Gasteiger charge is 2.33. The lowest BCUT2D eigenvalue weighted by Crippen LogP contribution is -2.44. The summed E-state index contributed by atoms with van der Waals surface area (Å²) in [5.74, 6) is 1.17. The van der Waals surface area contributed by atoms with Gasteiger partial charge in [-0.2, -0.15) is 11.3 Å². The van der Waals surface area contributed by atoms with Crippen molar-refractivity contribution < 1.29 is 14.6 Å². The van der Waals surface area contributed by atoms with Crippen molar-refractivity contribution in [1.29, 1.82) is 0 Å². The number of piperidine rings is 1. The van der Waals surface area contributed by atoms with Crippen molar-refractivity contribution in [3.8, 4) is 5.75 Å². The van der Waals surface area contributed by atoms with Crippen LogP contribution in [0.15, 0.2) is 52.2 Å². The lowest BCUT2D eigenvalue weighted by Gasteiger charge is -2.36. The van der Waals surface area contributed by atoms with Crippen LogP contribution in [0.2, 0.25) is 0 Å². The molecule has 32 heavy (non-hydrogen) atoms. The minimum absolute atomic E-state index is 0.246. The number of hydrogen-bond donors (Lipinski definition) is 1. The molecule has 2 atom stereocenters. The third-order valence-corrected chi connectivity index (χ3v) is 8.20. The number of benzene rings is 1. The van der Waals surface area contributed by atoms with Gasteiger partial charge >= 0.3 is 5.97 Å². The third-order valence-electron chi connectivity index (χ3n) is 6.39. The molecule has 0 unspecified atom stereocenters. The molecule has 1 aromatic carbocycles. The molecule has 1 aliphatic rings. The van der Waals surface area contributed by atoms with E-state index in [0.717, 1.165) is 61.2 Å². The lowest BCUT2D eigenvalue weighted by atomic mass is 9.81. The van der Waals surface area contributed by atoms with Crippen molar-refractivity contribution in [2.75, 3.05) is 32.5 Å². The number of aromatic nitrogens is 1. The first kappa shape index (κ1) is 23.1. The van der Waals surface area contributed by atoms with Crippen LogP contribution in [0.25, 0.3) is 10.9 Å². The molecule has 0 bridgehead atoms. The van der Waals surface area contributed by atoms with E-state index in [1.807, 2.05) is 36.2 Å². The number of hydrogen-bond acceptors (Lipinski definition) is 6. The van der Waals surface area contributed by atoms with E-state index >= 15 is 0 Å². The summed E-state index contributed by atoms with van der Waals surface area (Å²) >= 11 is 3.57. The van der Waals surface area contributed by atoms with Gasteiger partial charge in [-0.15, -0.1) is 11.8 Å². The molecule has 0 saturated carbocycles. The highest BCUT2D eigenvalue weighted by Crippen LogP contribution is 2.30. The van der Waals surface area contributed by atoms with Gasteiger partial charge in [-0.05, 0) is 79.4 Å². The predicted octanol–water partition coefficient (Wildman–Crippen LogP) is 5.44. The Morgan fingerprint density at radius 2 is 2.25 bits per heavy atom. The van der Waals surface area contributed by atoms with Crippen molar-refractivity contribution in [1.82, 2.24) is 9.88 Å². The van der Waals surface area contributed by atoms with Gasteiger partial charge < -0.3 is 14.7 Å². The zero-order chi connectivity index (χ0) is 22.3. The number of methoxy groups -OCH3 is 1. The smallest absolute Gasteiger partial charge is 0.308 e. The van der Waals surface area contributed by atoms with Crippen LogP contribution in [0.5, 0.6) is 5.75 Å². The van der Waals surface area contributed by atoms with E-state index in [-0.39, 0.29) is 11.8 Å². The molecule has 3 aromatic rings. The van der Waals surface area contributed by atoms with Gasteiger partial charge in [-0.3, -0.25) is 9.78 Å². The maximum absolute atomic E-state index is 12.0. The number of rotatable bonds is 10. The highest BCUT2D eigenvalue weighted by atomic mass is 32.2. The van der Waals surface area contributed by atoms with Gasteiger partial charge in [0.1, 0.15) is 5.75 Å². The molecule has 1 fully saturated rings. The normalized spacial score (nSPS) is 19.3. The van der Waals surface area contributed by atoms with Gasteiger partial charge in [0.25, 0.3) is 0 Å². The number of fused-ring (bicyclic) bond motifs is 1. The summed E-state index contributed by atoms with van der Waals surface area (Å²) in [5, 5.41) is 15.3. The average molecular weight is 471 g/mol. The molecule has 4 rings (SSSR count). The quantitative estimate of drug-likeness (QED) is 0.398. The maximum atomic E-state index is 12.0. The zero-order valence-corrected chi connectivity index (χ0v) is 20.0. The summed E-state index contributed by atoms with van der Waals surface area (Å²) in [4.78, 5) is 20.1. The van der Waals surface area contributed by atoms with Crippen molar-refractivity contribution in [2.24, 2.45) is 11.8 Å². The Labute approximate surface area is 197 Å². The topological polar surface area (TPSA) is 62.7 Å². The number of thiophene rings is 1. The van der Waals surface area contributed by atoms with E-state index in [4.69, 9.17) is 4.74 Å². The largest absolute Gasteiger partial charge is 0.497 e. The maximum Gasteiger partial charge on any atom is 0.308 e. The number of ether oxygens (including phenoxy) is 1. The number of carbonyl (C=O) groups is 1. The minimum atomic E-state index is -0.649. The molecule has 1 N–H and O–H groups in total. The highest BCUT2D eigenvalue weighted by molar-refractivity contribution is 7.99. The van der Waals surface area contributed by atoms with E-state index in [0.29, 0.717) is 6.54 Å². The van der Waals surface area contributed by atoms with Gasteiger partial charge in [0.05, 0.1) is 18.5 Å². The van der Waals surface area contributed by atoms with Gasteiger partial charge in [0, 0.05) is 40.7 Å². The number of carboxylic acids is 1. The minimum Gasteiger partial charge on any atom is -0.497 e. The van der Waals surface area contributed by atoms with Crippen molar-refractivity contribution >= 4 is 40.0 Å². The second-order valence-corrected chi connectivity index (χ2v) is 10.3. The number of carboxylic acid groups (broad SMARTS) is 1.